The van der Waals surface area contributed by atoms with Crippen LogP contribution in [0.15, 0.2) is 47.5 Å². The summed E-state index contributed by atoms with van der Waals surface area (Å²) in [5.41, 5.74) is 2.69. The molecule has 0 unspecified atom stereocenters. The Hall–Kier alpha value is -2.74. The fourth-order valence-electron chi connectivity index (χ4n) is 4.07. The highest BCUT2D eigenvalue weighted by Gasteiger charge is 2.40. The summed E-state index contributed by atoms with van der Waals surface area (Å²) in [4.78, 5) is 31.0. The topological polar surface area (TPSA) is 96.4 Å². The van der Waals surface area contributed by atoms with Gasteiger partial charge < -0.3 is 10.2 Å². The van der Waals surface area contributed by atoms with Crippen molar-refractivity contribution < 1.29 is 18.0 Å². The van der Waals surface area contributed by atoms with Crippen LogP contribution in [-0.4, -0.2) is 49.0 Å². The largest absolute Gasteiger partial charge is 0.342 e. The Bertz CT molecular complexity index is 1030. The highest BCUT2D eigenvalue weighted by Crippen LogP contribution is 2.30. The highest BCUT2D eigenvalue weighted by atomic mass is 32.2. The van der Waals surface area contributed by atoms with Crippen LogP contribution in [0, 0.1) is 5.92 Å². The average Bonchev–Trinajstić information content (AvgIpc) is 3.08. The van der Waals surface area contributed by atoms with Gasteiger partial charge in [0.25, 0.3) is 0 Å². The molecule has 0 spiro atoms. The van der Waals surface area contributed by atoms with E-state index in [0.717, 1.165) is 19.1 Å². The summed E-state index contributed by atoms with van der Waals surface area (Å²) in [5, 5.41) is 2.83. The van der Waals surface area contributed by atoms with Crippen molar-refractivity contribution in [2.24, 2.45) is 5.92 Å². The van der Waals surface area contributed by atoms with Crippen molar-refractivity contribution in [1.82, 2.24) is 15.2 Å². The molecule has 8 heteroatoms. The van der Waals surface area contributed by atoms with E-state index in [-0.39, 0.29) is 41.4 Å². The van der Waals surface area contributed by atoms with Crippen molar-refractivity contribution in [3.05, 3.63) is 59.4 Å². The van der Waals surface area contributed by atoms with Crippen molar-refractivity contribution in [2.75, 3.05) is 12.8 Å². The third-order valence-corrected chi connectivity index (χ3v) is 6.54. The van der Waals surface area contributed by atoms with E-state index in [9.17, 15) is 18.0 Å². The number of carbonyl (C=O) groups is 2. The molecular weight excluding hydrogens is 378 g/mol. The Balaban J connectivity index is 1.57. The van der Waals surface area contributed by atoms with E-state index >= 15 is 0 Å². The number of carbonyl (C=O) groups excluding carboxylic acids is 2. The van der Waals surface area contributed by atoms with Crippen LogP contribution >= 0.6 is 0 Å². The molecule has 1 fully saturated rings. The number of aromatic nitrogens is 1. The van der Waals surface area contributed by atoms with Gasteiger partial charge >= 0.3 is 0 Å². The lowest BCUT2D eigenvalue weighted by molar-refractivity contribution is -0.146. The predicted octanol–water partition coefficient (Wildman–Crippen LogP) is 0.727. The molecule has 1 N–H and O–H groups in total. The van der Waals surface area contributed by atoms with Gasteiger partial charge in [-0.25, -0.2) is 8.42 Å². The van der Waals surface area contributed by atoms with Crippen LogP contribution in [0.5, 0.6) is 0 Å². The normalized spacial score (nSPS) is 20.2. The quantitative estimate of drug-likeness (QED) is 0.818. The first-order valence-corrected chi connectivity index (χ1v) is 11.0. The second-order valence-corrected chi connectivity index (χ2v) is 9.38. The Morgan fingerprint density at radius 2 is 1.79 bits per heavy atom. The van der Waals surface area contributed by atoms with E-state index in [0.29, 0.717) is 0 Å². The summed E-state index contributed by atoms with van der Waals surface area (Å²) in [7, 11) is -3.48. The zero-order valence-corrected chi connectivity index (χ0v) is 16.3. The van der Waals surface area contributed by atoms with E-state index in [1.54, 1.807) is 6.07 Å². The van der Waals surface area contributed by atoms with Gasteiger partial charge in [0.1, 0.15) is 12.6 Å². The van der Waals surface area contributed by atoms with Crippen molar-refractivity contribution in [2.45, 2.75) is 30.3 Å². The molecule has 1 aliphatic heterocycles. The number of hydrogen-bond donors (Lipinski definition) is 1. The van der Waals surface area contributed by atoms with Crippen molar-refractivity contribution >= 4 is 21.7 Å². The first kappa shape index (κ1) is 18.6. The molecule has 0 radical (unpaired) electrons. The summed E-state index contributed by atoms with van der Waals surface area (Å²) in [5.74, 6) is -0.435. The van der Waals surface area contributed by atoms with Gasteiger partial charge in [0.05, 0.1) is 17.1 Å². The summed E-state index contributed by atoms with van der Waals surface area (Å²) < 4.78 is 24.0. The summed E-state index contributed by atoms with van der Waals surface area (Å²) >= 11 is 0. The van der Waals surface area contributed by atoms with Crippen LogP contribution in [0.25, 0.3) is 0 Å². The highest BCUT2D eigenvalue weighted by molar-refractivity contribution is 7.90. The van der Waals surface area contributed by atoms with Crippen LogP contribution in [0.1, 0.15) is 16.8 Å². The van der Waals surface area contributed by atoms with Gasteiger partial charge in [-0.2, -0.15) is 0 Å². The number of piperazine rings is 1. The maximum Gasteiger partial charge on any atom is 0.246 e. The second-order valence-electron chi connectivity index (χ2n) is 7.40. The number of hydrogen-bond acceptors (Lipinski definition) is 5. The van der Waals surface area contributed by atoms with Crippen LogP contribution < -0.4 is 5.32 Å². The Morgan fingerprint density at radius 3 is 2.43 bits per heavy atom. The average molecular weight is 399 g/mol. The molecule has 146 valence electrons. The van der Waals surface area contributed by atoms with Crippen molar-refractivity contribution in [1.29, 1.82) is 0 Å². The zero-order valence-electron chi connectivity index (χ0n) is 15.5. The van der Waals surface area contributed by atoms with E-state index in [1.165, 1.54) is 28.3 Å². The Morgan fingerprint density at radius 1 is 1.11 bits per heavy atom. The fraction of sp³-hybridized carbons (Fsp3) is 0.350. The third-order valence-electron chi connectivity index (χ3n) is 5.37. The van der Waals surface area contributed by atoms with E-state index in [2.05, 4.69) is 22.4 Å². The monoisotopic (exact) mass is 399 g/mol. The number of nitrogens with zero attached hydrogens (tertiary/aromatic N) is 2. The molecule has 0 bridgehead atoms. The van der Waals surface area contributed by atoms with Crippen molar-refractivity contribution in [3.8, 4) is 0 Å². The number of pyridine rings is 1. The van der Waals surface area contributed by atoms with Crippen LogP contribution in [0.4, 0.5) is 0 Å². The van der Waals surface area contributed by atoms with Gasteiger partial charge in [-0.05, 0) is 42.0 Å². The van der Waals surface area contributed by atoms with Gasteiger partial charge in [-0.1, -0.05) is 24.3 Å². The van der Waals surface area contributed by atoms with Crippen LogP contribution in [0.2, 0.25) is 0 Å². The molecule has 4 rings (SSSR count). The number of benzene rings is 1. The molecule has 1 atom stereocenters. The summed E-state index contributed by atoms with van der Waals surface area (Å²) in [6, 6.07) is 10.5. The van der Waals surface area contributed by atoms with E-state index in [1.807, 2.05) is 12.1 Å². The number of sulfone groups is 1. The molecule has 1 saturated heterocycles. The van der Waals surface area contributed by atoms with Crippen molar-refractivity contribution in [3.63, 3.8) is 0 Å². The van der Waals surface area contributed by atoms with E-state index in [4.69, 9.17) is 0 Å². The number of fused-ring (bicyclic) bond motifs is 1. The fourth-order valence-corrected chi connectivity index (χ4v) is 4.94. The van der Waals surface area contributed by atoms with Gasteiger partial charge in [-0.15, -0.1) is 0 Å². The molecule has 0 saturated carbocycles. The lowest BCUT2D eigenvalue weighted by Crippen LogP contribution is -2.60. The summed E-state index contributed by atoms with van der Waals surface area (Å²) in [6.45, 7) is -0.111. The molecule has 1 aromatic carbocycles. The maximum atomic E-state index is 13.1. The second kappa shape index (κ2) is 7.01. The molecule has 1 aliphatic carbocycles. The standard InChI is InChI=1S/C20H21N3O4S/c1-28(26,27)17-7-4-8-21-16(17)11-23-12-18(24)22-19(20(23)25)15-9-13-5-2-3-6-14(13)10-15/h2-8,15,19H,9-12H2,1H3,(H,22,24)/t19-/m1/s1. The minimum Gasteiger partial charge on any atom is -0.342 e. The van der Waals surface area contributed by atoms with Gasteiger partial charge in [0.15, 0.2) is 9.84 Å². The minimum atomic E-state index is -3.48. The van der Waals surface area contributed by atoms with E-state index < -0.39 is 15.9 Å². The number of rotatable bonds is 4. The van der Waals surface area contributed by atoms with Gasteiger partial charge in [0, 0.05) is 12.5 Å². The third kappa shape index (κ3) is 3.52. The SMILES string of the molecule is CS(=O)(=O)c1cccnc1CN1CC(=O)N[C@H](C2Cc3ccccc3C2)C1=O. The summed E-state index contributed by atoms with van der Waals surface area (Å²) in [6.07, 6.45) is 4.07. The van der Waals surface area contributed by atoms with Crippen LogP contribution in [-0.2, 0) is 38.8 Å². The molecule has 2 heterocycles. The molecule has 2 amide bonds. The lowest BCUT2D eigenvalue weighted by atomic mass is 9.93. The minimum absolute atomic E-state index is 0.00485. The van der Waals surface area contributed by atoms with Gasteiger partial charge in [0.2, 0.25) is 11.8 Å². The molecule has 1 aromatic heterocycles. The predicted molar refractivity (Wildman–Crippen MR) is 102 cm³/mol. The maximum absolute atomic E-state index is 13.1. The Labute approximate surface area is 163 Å². The number of amides is 2. The first-order chi connectivity index (χ1) is 13.3. The molecule has 28 heavy (non-hydrogen) atoms. The molecule has 7 nitrogen and oxygen atoms in total. The Kier molecular flexibility index (Phi) is 4.66. The zero-order chi connectivity index (χ0) is 19.9. The van der Waals surface area contributed by atoms with Crippen LogP contribution in [0.3, 0.4) is 0 Å². The molecule has 2 aliphatic rings. The van der Waals surface area contributed by atoms with Gasteiger partial charge in [-0.3, -0.25) is 14.6 Å². The molecular formula is C20H21N3O4S. The molecule has 2 aromatic rings. The smallest absolute Gasteiger partial charge is 0.246 e. The number of nitrogens with one attached hydrogen (secondary N) is 1. The first-order valence-electron chi connectivity index (χ1n) is 9.12. The lowest BCUT2D eigenvalue weighted by Gasteiger charge is -2.35.